The van der Waals surface area contributed by atoms with Crippen LogP contribution >= 0.6 is 0 Å². The van der Waals surface area contributed by atoms with Crippen molar-refractivity contribution in [1.82, 2.24) is 4.98 Å². The molecule has 2 aromatic carbocycles. The van der Waals surface area contributed by atoms with E-state index in [4.69, 9.17) is 0 Å². The van der Waals surface area contributed by atoms with Crippen molar-refractivity contribution >= 4 is 16.7 Å². The first-order valence-electron chi connectivity index (χ1n) is 7.27. The predicted octanol–water partition coefficient (Wildman–Crippen LogP) is 3.83. The molecule has 3 aromatic rings. The molecule has 2 nitrogen and oxygen atoms in total. The van der Waals surface area contributed by atoms with Crippen molar-refractivity contribution in [2.24, 2.45) is 5.92 Å². The van der Waals surface area contributed by atoms with Gasteiger partial charge < -0.3 is 0 Å². The first kappa shape index (κ1) is 12.3. The van der Waals surface area contributed by atoms with E-state index in [2.05, 4.69) is 29.2 Å². The third kappa shape index (κ3) is 2.13. The number of hydrogen-bond donors (Lipinski definition) is 0. The number of rotatable bonds is 2. The standard InChI is InChI=1S/C19H15NO/c21-19-16(12-14-4-1-2-6-17(14)19)11-13-7-8-18-15(10-13)5-3-9-20-18/h1-10,16H,11-12H2. The molecule has 1 aliphatic rings. The smallest absolute Gasteiger partial charge is 0.166 e. The van der Waals surface area contributed by atoms with Crippen molar-refractivity contribution < 1.29 is 4.79 Å². The zero-order chi connectivity index (χ0) is 14.2. The van der Waals surface area contributed by atoms with E-state index in [9.17, 15) is 4.79 Å². The van der Waals surface area contributed by atoms with Gasteiger partial charge in [0, 0.05) is 23.1 Å². The van der Waals surface area contributed by atoms with Crippen molar-refractivity contribution in [3.05, 3.63) is 77.5 Å². The number of pyridine rings is 1. The predicted molar refractivity (Wildman–Crippen MR) is 83.4 cm³/mol. The van der Waals surface area contributed by atoms with Gasteiger partial charge in [-0.15, -0.1) is 0 Å². The van der Waals surface area contributed by atoms with E-state index in [0.717, 1.165) is 29.3 Å². The van der Waals surface area contributed by atoms with Crippen molar-refractivity contribution in [2.75, 3.05) is 0 Å². The molecule has 102 valence electrons. The highest BCUT2D eigenvalue weighted by atomic mass is 16.1. The fourth-order valence-corrected chi connectivity index (χ4v) is 3.22. The second kappa shape index (κ2) is 4.81. The molecule has 0 saturated carbocycles. The van der Waals surface area contributed by atoms with Crippen molar-refractivity contribution in [3.8, 4) is 0 Å². The number of Topliss-reactive ketones (excluding diaryl/α,β-unsaturated/α-hetero) is 1. The van der Waals surface area contributed by atoms with E-state index in [1.807, 2.05) is 30.3 Å². The number of carbonyl (C=O) groups is 1. The van der Waals surface area contributed by atoms with Gasteiger partial charge in [-0.1, -0.05) is 36.4 Å². The zero-order valence-electron chi connectivity index (χ0n) is 11.6. The van der Waals surface area contributed by atoms with Gasteiger partial charge in [-0.25, -0.2) is 0 Å². The number of fused-ring (bicyclic) bond motifs is 2. The first-order chi connectivity index (χ1) is 10.3. The Morgan fingerprint density at radius 2 is 1.95 bits per heavy atom. The average Bonchev–Trinajstić information content (AvgIpc) is 2.84. The number of hydrogen-bond acceptors (Lipinski definition) is 2. The summed E-state index contributed by atoms with van der Waals surface area (Å²) < 4.78 is 0. The number of carbonyl (C=O) groups excluding carboxylic acids is 1. The highest BCUT2D eigenvalue weighted by Gasteiger charge is 2.29. The molecule has 0 amide bonds. The molecule has 1 aromatic heterocycles. The van der Waals surface area contributed by atoms with Crippen LogP contribution in [0.3, 0.4) is 0 Å². The number of nitrogens with zero attached hydrogens (tertiary/aromatic N) is 1. The molecule has 1 heterocycles. The third-order valence-electron chi connectivity index (χ3n) is 4.27. The van der Waals surface area contributed by atoms with Gasteiger partial charge in [-0.3, -0.25) is 9.78 Å². The highest BCUT2D eigenvalue weighted by molar-refractivity contribution is 6.02. The minimum atomic E-state index is 0.0801. The van der Waals surface area contributed by atoms with Crippen LogP contribution in [0.4, 0.5) is 0 Å². The largest absolute Gasteiger partial charge is 0.294 e. The Morgan fingerprint density at radius 3 is 2.86 bits per heavy atom. The molecule has 0 fully saturated rings. The minimum Gasteiger partial charge on any atom is -0.294 e. The van der Waals surface area contributed by atoms with Crippen LogP contribution in [0.1, 0.15) is 21.5 Å². The monoisotopic (exact) mass is 273 g/mol. The van der Waals surface area contributed by atoms with Crippen LogP contribution in [0.2, 0.25) is 0 Å². The lowest BCUT2D eigenvalue weighted by atomic mass is 9.95. The Kier molecular flexibility index (Phi) is 2.81. The van der Waals surface area contributed by atoms with Crippen LogP contribution < -0.4 is 0 Å². The van der Waals surface area contributed by atoms with Gasteiger partial charge in [0.25, 0.3) is 0 Å². The summed E-state index contributed by atoms with van der Waals surface area (Å²) in [6.07, 6.45) is 3.47. The summed E-state index contributed by atoms with van der Waals surface area (Å²) in [7, 11) is 0. The molecule has 1 aliphatic carbocycles. The van der Waals surface area contributed by atoms with E-state index in [0.29, 0.717) is 0 Å². The van der Waals surface area contributed by atoms with Gasteiger partial charge in [-0.05, 0) is 42.2 Å². The second-order valence-corrected chi connectivity index (χ2v) is 5.66. The van der Waals surface area contributed by atoms with E-state index >= 15 is 0 Å². The van der Waals surface area contributed by atoms with Crippen LogP contribution in [0.15, 0.2) is 60.8 Å². The summed E-state index contributed by atoms with van der Waals surface area (Å²) in [6.45, 7) is 0. The Morgan fingerprint density at radius 1 is 1.05 bits per heavy atom. The molecule has 2 heteroatoms. The minimum absolute atomic E-state index is 0.0801. The quantitative estimate of drug-likeness (QED) is 0.710. The lowest BCUT2D eigenvalue weighted by Crippen LogP contribution is -2.12. The molecule has 21 heavy (non-hydrogen) atoms. The fraction of sp³-hybridized carbons (Fsp3) is 0.158. The molecule has 4 rings (SSSR count). The van der Waals surface area contributed by atoms with E-state index in [1.165, 1.54) is 11.1 Å². The van der Waals surface area contributed by atoms with Gasteiger partial charge in [0.05, 0.1) is 5.52 Å². The van der Waals surface area contributed by atoms with Crippen LogP contribution in [0.25, 0.3) is 10.9 Å². The molecular weight excluding hydrogens is 258 g/mol. The Bertz CT molecular complexity index is 838. The number of aromatic nitrogens is 1. The Balaban J connectivity index is 1.63. The van der Waals surface area contributed by atoms with Crippen LogP contribution in [-0.2, 0) is 12.8 Å². The first-order valence-corrected chi connectivity index (χ1v) is 7.27. The molecule has 0 saturated heterocycles. The Labute approximate surface area is 123 Å². The summed E-state index contributed by atoms with van der Waals surface area (Å²) in [5, 5.41) is 1.14. The van der Waals surface area contributed by atoms with Crippen LogP contribution in [-0.4, -0.2) is 10.8 Å². The molecular formula is C19H15NO. The average molecular weight is 273 g/mol. The summed E-state index contributed by atoms with van der Waals surface area (Å²) in [5.74, 6) is 0.369. The van der Waals surface area contributed by atoms with Crippen LogP contribution in [0, 0.1) is 5.92 Å². The molecule has 0 radical (unpaired) electrons. The van der Waals surface area contributed by atoms with E-state index in [1.54, 1.807) is 6.20 Å². The lowest BCUT2D eigenvalue weighted by molar-refractivity contribution is 0.0936. The maximum Gasteiger partial charge on any atom is 0.166 e. The molecule has 0 bridgehead atoms. The van der Waals surface area contributed by atoms with Gasteiger partial charge in [-0.2, -0.15) is 0 Å². The van der Waals surface area contributed by atoms with Gasteiger partial charge in [0.2, 0.25) is 0 Å². The van der Waals surface area contributed by atoms with Crippen molar-refractivity contribution in [1.29, 1.82) is 0 Å². The summed E-state index contributed by atoms with van der Waals surface area (Å²) in [4.78, 5) is 16.8. The number of ketones is 1. The normalized spacial score (nSPS) is 17.1. The molecule has 0 N–H and O–H groups in total. The Hall–Kier alpha value is -2.48. The molecule has 0 aliphatic heterocycles. The lowest BCUT2D eigenvalue weighted by Gasteiger charge is -2.08. The van der Waals surface area contributed by atoms with Gasteiger partial charge >= 0.3 is 0 Å². The molecule has 1 atom stereocenters. The molecule has 1 unspecified atom stereocenters. The van der Waals surface area contributed by atoms with Crippen LogP contribution in [0.5, 0.6) is 0 Å². The second-order valence-electron chi connectivity index (χ2n) is 5.66. The zero-order valence-corrected chi connectivity index (χ0v) is 11.6. The maximum atomic E-state index is 12.5. The maximum absolute atomic E-state index is 12.5. The highest BCUT2D eigenvalue weighted by Crippen LogP contribution is 2.29. The SMILES string of the molecule is O=C1c2ccccc2CC1Cc1ccc2ncccc2c1. The third-order valence-corrected chi connectivity index (χ3v) is 4.27. The van der Waals surface area contributed by atoms with E-state index in [-0.39, 0.29) is 11.7 Å². The number of benzene rings is 2. The summed E-state index contributed by atoms with van der Waals surface area (Å²) in [6, 6.07) is 18.3. The van der Waals surface area contributed by atoms with Gasteiger partial charge in [0.1, 0.15) is 0 Å². The summed E-state index contributed by atoms with van der Waals surface area (Å²) in [5.41, 5.74) is 4.31. The van der Waals surface area contributed by atoms with Gasteiger partial charge in [0.15, 0.2) is 5.78 Å². The topological polar surface area (TPSA) is 30.0 Å². The van der Waals surface area contributed by atoms with Crippen molar-refractivity contribution in [3.63, 3.8) is 0 Å². The fourth-order valence-electron chi connectivity index (χ4n) is 3.22. The summed E-state index contributed by atoms with van der Waals surface area (Å²) >= 11 is 0. The van der Waals surface area contributed by atoms with Crippen molar-refractivity contribution in [2.45, 2.75) is 12.8 Å². The molecule has 0 spiro atoms. The van der Waals surface area contributed by atoms with E-state index < -0.39 is 0 Å².